The van der Waals surface area contributed by atoms with Gasteiger partial charge in [0.05, 0.1) is 6.61 Å². The number of para-hydroxylation sites is 1. The van der Waals surface area contributed by atoms with Crippen LogP contribution in [0.3, 0.4) is 0 Å². The molecule has 2 aromatic carbocycles. The van der Waals surface area contributed by atoms with Crippen molar-refractivity contribution >= 4 is 11.8 Å². The maximum Gasteiger partial charge on any atom is 0.191 e. The first-order valence-corrected chi connectivity index (χ1v) is 8.66. The third kappa shape index (κ3) is 3.93. The number of aromatic nitrogens is 3. The molecule has 0 N–H and O–H groups in total. The molecule has 0 radical (unpaired) electrons. The lowest BCUT2D eigenvalue weighted by Crippen LogP contribution is -2.03. The molecule has 23 heavy (non-hydrogen) atoms. The van der Waals surface area contributed by atoms with Gasteiger partial charge in [-0.15, -0.1) is 10.2 Å². The van der Waals surface area contributed by atoms with E-state index in [1.54, 1.807) is 11.8 Å². The highest BCUT2D eigenvalue weighted by Gasteiger charge is 2.12. The second-order valence-corrected chi connectivity index (χ2v) is 5.99. The van der Waals surface area contributed by atoms with Crippen LogP contribution in [0.25, 0.3) is 11.4 Å². The monoisotopic (exact) mass is 325 g/mol. The summed E-state index contributed by atoms with van der Waals surface area (Å²) in [5.74, 6) is 2.65. The second kappa shape index (κ2) is 7.83. The fourth-order valence-corrected chi connectivity index (χ4v) is 3.11. The number of hydrogen-bond acceptors (Lipinski definition) is 4. The van der Waals surface area contributed by atoms with Crippen molar-refractivity contribution in [1.82, 2.24) is 14.8 Å². The van der Waals surface area contributed by atoms with Gasteiger partial charge < -0.3 is 9.30 Å². The summed E-state index contributed by atoms with van der Waals surface area (Å²) in [6, 6.07) is 20.0. The molecule has 0 atom stereocenters. The summed E-state index contributed by atoms with van der Waals surface area (Å²) in [4.78, 5) is 0. The molecule has 0 fully saturated rings. The van der Waals surface area contributed by atoms with E-state index in [1.807, 2.05) is 48.5 Å². The van der Waals surface area contributed by atoms with Gasteiger partial charge in [-0.3, -0.25) is 0 Å². The van der Waals surface area contributed by atoms with Crippen LogP contribution in [0.4, 0.5) is 0 Å². The van der Waals surface area contributed by atoms with Crippen LogP contribution in [0.5, 0.6) is 5.75 Å². The minimum atomic E-state index is 0.645. The molecule has 0 unspecified atom stereocenters. The highest BCUT2D eigenvalue weighted by Crippen LogP contribution is 2.23. The summed E-state index contributed by atoms with van der Waals surface area (Å²) in [5.41, 5.74) is 1.09. The Hall–Kier alpha value is -2.27. The molecule has 3 aromatic rings. The molecular formula is C18H19N3OS. The van der Waals surface area contributed by atoms with E-state index in [2.05, 4.69) is 33.8 Å². The molecule has 0 aliphatic heterocycles. The number of nitrogens with zero attached hydrogens (tertiary/aromatic N) is 3. The maximum absolute atomic E-state index is 5.71. The Morgan fingerprint density at radius 3 is 2.35 bits per heavy atom. The van der Waals surface area contributed by atoms with Gasteiger partial charge in [0, 0.05) is 17.9 Å². The smallest absolute Gasteiger partial charge is 0.191 e. The van der Waals surface area contributed by atoms with Gasteiger partial charge in [-0.2, -0.15) is 0 Å². The van der Waals surface area contributed by atoms with Gasteiger partial charge >= 0.3 is 0 Å². The van der Waals surface area contributed by atoms with E-state index in [0.717, 1.165) is 34.6 Å². The largest absolute Gasteiger partial charge is 0.493 e. The fraction of sp³-hybridized carbons (Fsp3) is 0.222. The summed E-state index contributed by atoms with van der Waals surface area (Å²) >= 11 is 1.67. The molecular weight excluding hydrogens is 306 g/mol. The lowest BCUT2D eigenvalue weighted by atomic mass is 10.2. The third-order valence-electron chi connectivity index (χ3n) is 3.39. The lowest BCUT2D eigenvalue weighted by Gasteiger charge is -2.08. The van der Waals surface area contributed by atoms with E-state index in [0.29, 0.717) is 6.61 Å². The van der Waals surface area contributed by atoms with Crippen LogP contribution in [0, 0.1) is 0 Å². The number of benzene rings is 2. The van der Waals surface area contributed by atoms with Gasteiger partial charge in [-0.1, -0.05) is 60.3 Å². The van der Waals surface area contributed by atoms with Gasteiger partial charge in [0.2, 0.25) is 0 Å². The Morgan fingerprint density at radius 1 is 0.957 bits per heavy atom. The van der Waals surface area contributed by atoms with Crippen LogP contribution in [0.1, 0.15) is 6.92 Å². The quantitative estimate of drug-likeness (QED) is 0.483. The molecule has 0 bridgehead atoms. The Bertz CT molecular complexity index is 729. The van der Waals surface area contributed by atoms with Crippen molar-refractivity contribution in [3.05, 3.63) is 60.7 Å². The zero-order chi connectivity index (χ0) is 15.9. The minimum absolute atomic E-state index is 0.645. The SMILES string of the molecule is CCn1c(SCCOc2ccccc2)nnc1-c1ccccc1. The molecule has 5 heteroatoms. The number of ether oxygens (including phenoxy) is 1. The predicted octanol–water partition coefficient (Wildman–Crippen LogP) is 4.14. The average Bonchev–Trinajstić information content (AvgIpc) is 3.03. The maximum atomic E-state index is 5.71. The Kier molecular flexibility index (Phi) is 5.32. The highest BCUT2D eigenvalue weighted by molar-refractivity contribution is 7.99. The van der Waals surface area contributed by atoms with Crippen molar-refractivity contribution in [2.24, 2.45) is 0 Å². The van der Waals surface area contributed by atoms with Crippen LogP contribution in [0.2, 0.25) is 0 Å². The van der Waals surface area contributed by atoms with Crippen molar-refractivity contribution in [2.45, 2.75) is 18.6 Å². The molecule has 0 spiro atoms. The molecule has 1 aromatic heterocycles. The zero-order valence-electron chi connectivity index (χ0n) is 13.1. The third-order valence-corrected chi connectivity index (χ3v) is 4.32. The van der Waals surface area contributed by atoms with E-state index in [9.17, 15) is 0 Å². The van der Waals surface area contributed by atoms with E-state index >= 15 is 0 Å². The van der Waals surface area contributed by atoms with Crippen LogP contribution in [0.15, 0.2) is 65.8 Å². The minimum Gasteiger partial charge on any atom is -0.493 e. The standard InChI is InChI=1S/C18H19N3OS/c1-2-21-17(15-9-5-3-6-10-15)19-20-18(21)23-14-13-22-16-11-7-4-8-12-16/h3-12H,2,13-14H2,1H3. The van der Waals surface area contributed by atoms with Gasteiger partial charge in [0.25, 0.3) is 0 Å². The Morgan fingerprint density at radius 2 is 1.65 bits per heavy atom. The molecule has 0 aliphatic carbocycles. The number of hydrogen-bond donors (Lipinski definition) is 0. The molecule has 0 saturated carbocycles. The van der Waals surface area contributed by atoms with Crippen LogP contribution in [-0.2, 0) is 6.54 Å². The molecule has 4 nitrogen and oxygen atoms in total. The second-order valence-electron chi connectivity index (χ2n) is 4.93. The zero-order valence-corrected chi connectivity index (χ0v) is 13.9. The molecule has 0 saturated heterocycles. The summed E-state index contributed by atoms with van der Waals surface area (Å²) in [5, 5.41) is 9.61. The molecule has 1 heterocycles. The number of rotatable bonds is 7. The molecule has 118 valence electrons. The van der Waals surface area contributed by atoms with Gasteiger partial charge in [0.1, 0.15) is 5.75 Å². The normalized spacial score (nSPS) is 10.7. The highest BCUT2D eigenvalue weighted by atomic mass is 32.2. The Balaban J connectivity index is 1.61. The predicted molar refractivity (Wildman–Crippen MR) is 93.8 cm³/mol. The van der Waals surface area contributed by atoms with Crippen molar-refractivity contribution in [3.63, 3.8) is 0 Å². The lowest BCUT2D eigenvalue weighted by molar-refractivity contribution is 0.344. The van der Waals surface area contributed by atoms with E-state index in [1.165, 1.54) is 0 Å². The van der Waals surface area contributed by atoms with Crippen molar-refractivity contribution in [2.75, 3.05) is 12.4 Å². The van der Waals surface area contributed by atoms with Gasteiger partial charge in [0.15, 0.2) is 11.0 Å². The van der Waals surface area contributed by atoms with E-state index < -0.39 is 0 Å². The molecule has 0 aliphatic rings. The van der Waals surface area contributed by atoms with Gasteiger partial charge in [-0.05, 0) is 19.1 Å². The van der Waals surface area contributed by atoms with Crippen molar-refractivity contribution < 1.29 is 4.74 Å². The van der Waals surface area contributed by atoms with E-state index in [-0.39, 0.29) is 0 Å². The van der Waals surface area contributed by atoms with Crippen LogP contribution >= 0.6 is 11.8 Å². The van der Waals surface area contributed by atoms with Crippen LogP contribution < -0.4 is 4.74 Å². The first-order chi connectivity index (χ1) is 11.4. The Labute approximate surface area is 140 Å². The van der Waals surface area contributed by atoms with Crippen LogP contribution in [-0.4, -0.2) is 27.1 Å². The van der Waals surface area contributed by atoms with Crippen molar-refractivity contribution in [3.8, 4) is 17.1 Å². The van der Waals surface area contributed by atoms with Gasteiger partial charge in [-0.25, -0.2) is 0 Å². The van der Waals surface area contributed by atoms with E-state index in [4.69, 9.17) is 4.74 Å². The molecule has 0 amide bonds. The first kappa shape index (κ1) is 15.6. The summed E-state index contributed by atoms with van der Waals surface area (Å²) in [6.45, 7) is 3.60. The topological polar surface area (TPSA) is 39.9 Å². The fourth-order valence-electron chi connectivity index (χ4n) is 2.29. The average molecular weight is 325 g/mol. The van der Waals surface area contributed by atoms with Crippen molar-refractivity contribution in [1.29, 1.82) is 0 Å². The first-order valence-electron chi connectivity index (χ1n) is 7.67. The number of thioether (sulfide) groups is 1. The summed E-state index contributed by atoms with van der Waals surface area (Å²) in [7, 11) is 0. The summed E-state index contributed by atoms with van der Waals surface area (Å²) < 4.78 is 7.86. The molecule has 3 rings (SSSR count). The summed E-state index contributed by atoms with van der Waals surface area (Å²) in [6.07, 6.45) is 0.